The lowest BCUT2D eigenvalue weighted by molar-refractivity contribution is -0.187. The maximum atomic E-state index is 12.7. The summed E-state index contributed by atoms with van der Waals surface area (Å²) in [5.41, 5.74) is 2.47. The molecule has 0 spiro atoms. The maximum absolute atomic E-state index is 12.7. The SMILES string of the molecule is Cc1cc(C(=O)CN2CCN(C(=O)C3CCN(C(=O)C(F)(F)F)CC3)CC2)c(C)[nH]1. The van der Waals surface area contributed by atoms with Crippen LogP contribution in [0.25, 0.3) is 0 Å². The number of aryl methyl sites for hydroxylation is 2. The number of piperazine rings is 1. The summed E-state index contributed by atoms with van der Waals surface area (Å²) in [6, 6.07) is 1.84. The van der Waals surface area contributed by atoms with Crippen molar-refractivity contribution in [2.45, 2.75) is 32.9 Å². The molecule has 1 N–H and O–H groups in total. The summed E-state index contributed by atoms with van der Waals surface area (Å²) in [7, 11) is 0. The van der Waals surface area contributed by atoms with E-state index in [2.05, 4.69) is 4.98 Å². The van der Waals surface area contributed by atoms with Crippen LogP contribution in [0.4, 0.5) is 13.2 Å². The van der Waals surface area contributed by atoms with E-state index in [9.17, 15) is 27.6 Å². The predicted molar refractivity (Wildman–Crippen MR) is 103 cm³/mol. The molecular weight excluding hydrogens is 401 g/mol. The summed E-state index contributed by atoms with van der Waals surface area (Å²) in [5, 5.41) is 0. The summed E-state index contributed by atoms with van der Waals surface area (Å²) in [4.78, 5) is 44.2. The van der Waals surface area contributed by atoms with E-state index in [-0.39, 0.29) is 50.1 Å². The standard InChI is InChI=1S/C20H27F3N4O3/c1-13-11-16(14(2)24-13)17(28)12-25-7-9-26(10-8-25)18(29)15-3-5-27(6-4-15)19(30)20(21,22)23/h11,15,24H,3-10,12H2,1-2H3. The number of carbonyl (C=O) groups is 3. The fourth-order valence-corrected chi connectivity index (χ4v) is 4.20. The van der Waals surface area contributed by atoms with Gasteiger partial charge in [0, 0.05) is 62.1 Å². The number of rotatable bonds is 4. The summed E-state index contributed by atoms with van der Waals surface area (Å²) in [5.74, 6) is -2.23. The molecule has 10 heteroatoms. The largest absolute Gasteiger partial charge is 0.471 e. The Bertz CT molecular complexity index is 805. The zero-order chi connectivity index (χ0) is 22.1. The number of likely N-dealkylation sites (tertiary alicyclic amines) is 1. The molecule has 0 aliphatic carbocycles. The zero-order valence-electron chi connectivity index (χ0n) is 17.2. The molecule has 2 amide bonds. The van der Waals surface area contributed by atoms with E-state index in [1.165, 1.54) is 0 Å². The molecule has 2 aliphatic heterocycles. The van der Waals surface area contributed by atoms with Crippen LogP contribution in [0, 0.1) is 19.8 Å². The first-order valence-corrected chi connectivity index (χ1v) is 10.1. The van der Waals surface area contributed by atoms with Crippen LogP contribution >= 0.6 is 0 Å². The van der Waals surface area contributed by atoms with Gasteiger partial charge in [0.1, 0.15) is 0 Å². The van der Waals surface area contributed by atoms with Gasteiger partial charge < -0.3 is 14.8 Å². The van der Waals surface area contributed by atoms with E-state index < -0.39 is 12.1 Å². The highest BCUT2D eigenvalue weighted by molar-refractivity contribution is 5.98. The Labute approximate surface area is 173 Å². The lowest BCUT2D eigenvalue weighted by atomic mass is 9.95. The molecule has 2 fully saturated rings. The molecule has 3 heterocycles. The number of aromatic nitrogens is 1. The fraction of sp³-hybridized carbons (Fsp3) is 0.650. The molecule has 2 saturated heterocycles. The summed E-state index contributed by atoms with van der Waals surface area (Å²) in [6.07, 6.45) is -4.39. The lowest BCUT2D eigenvalue weighted by Crippen LogP contribution is -2.53. The number of nitrogens with one attached hydrogen (secondary N) is 1. The monoisotopic (exact) mass is 428 g/mol. The number of aromatic amines is 1. The topological polar surface area (TPSA) is 76.7 Å². The van der Waals surface area contributed by atoms with Crippen molar-refractivity contribution in [3.63, 3.8) is 0 Å². The summed E-state index contributed by atoms with van der Waals surface area (Å²) >= 11 is 0. The number of amides is 2. The Morgan fingerprint density at radius 3 is 2.10 bits per heavy atom. The Morgan fingerprint density at radius 2 is 1.60 bits per heavy atom. The Balaban J connectivity index is 1.45. The number of Topliss-reactive ketones (excluding diaryl/α,β-unsaturated/α-hetero) is 1. The molecule has 0 atom stereocenters. The predicted octanol–water partition coefficient (Wildman–Crippen LogP) is 1.76. The second-order valence-corrected chi connectivity index (χ2v) is 8.08. The highest BCUT2D eigenvalue weighted by Crippen LogP contribution is 2.25. The van der Waals surface area contributed by atoms with Gasteiger partial charge in [-0.25, -0.2) is 0 Å². The van der Waals surface area contributed by atoms with Crippen LogP contribution in [-0.2, 0) is 9.59 Å². The van der Waals surface area contributed by atoms with Crippen molar-refractivity contribution in [2.24, 2.45) is 5.92 Å². The Morgan fingerprint density at radius 1 is 1.00 bits per heavy atom. The number of hydrogen-bond donors (Lipinski definition) is 1. The first-order chi connectivity index (χ1) is 14.1. The zero-order valence-corrected chi connectivity index (χ0v) is 17.2. The van der Waals surface area contributed by atoms with Gasteiger partial charge in [0.05, 0.1) is 6.54 Å². The molecule has 1 aromatic rings. The number of nitrogens with zero attached hydrogens (tertiary/aromatic N) is 3. The van der Waals surface area contributed by atoms with E-state index in [1.54, 1.807) is 4.90 Å². The number of H-pyrrole nitrogens is 1. The van der Waals surface area contributed by atoms with Gasteiger partial charge in [-0.2, -0.15) is 13.2 Å². The molecule has 30 heavy (non-hydrogen) atoms. The van der Waals surface area contributed by atoms with Crippen LogP contribution in [0.2, 0.25) is 0 Å². The van der Waals surface area contributed by atoms with Gasteiger partial charge >= 0.3 is 12.1 Å². The Hall–Kier alpha value is -2.36. The van der Waals surface area contributed by atoms with E-state index in [4.69, 9.17) is 0 Å². The molecule has 7 nitrogen and oxygen atoms in total. The molecule has 0 saturated carbocycles. The summed E-state index contributed by atoms with van der Waals surface area (Å²) < 4.78 is 37.6. The van der Waals surface area contributed by atoms with Crippen molar-refractivity contribution in [2.75, 3.05) is 45.8 Å². The molecular formula is C20H27F3N4O3. The lowest BCUT2D eigenvalue weighted by Gasteiger charge is -2.38. The maximum Gasteiger partial charge on any atom is 0.471 e. The molecule has 0 aromatic carbocycles. The summed E-state index contributed by atoms with van der Waals surface area (Å²) in [6.45, 7) is 6.06. The highest BCUT2D eigenvalue weighted by atomic mass is 19.4. The number of alkyl halides is 3. The van der Waals surface area contributed by atoms with Crippen LogP contribution in [-0.4, -0.2) is 89.3 Å². The van der Waals surface area contributed by atoms with E-state index >= 15 is 0 Å². The highest BCUT2D eigenvalue weighted by Gasteiger charge is 2.44. The molecule has 166 valence electrons. The third kappa shape index (κ3) is 5.03. The third-order valence-corrected chi connectivity index (χ3v) is 5.88. The van der Waals surface area contributed by atoms with Gasteiger partial charge in [0.15, 0.2) is 5.78 Å². The van der Waals surface area contributed by atoms with Gasteiger partial charge in [-0.05, 0) is 32.8 Å². The molecule has 1 aromatic heterocycles. The second-order valence-electron chi connectivity index (χ2n) is 8.08. The molecule has 0 radical (unpaired) electrons. The smallest absolute Gasteiger partial charge is 0.362 e. The van der Waals surface area contributed by atoms with Crippen LogP contribution in [0.5, 0.6) is 0 Å². The van der Waals surface area contributed by atoms with Crippen molar-refractivity contribution in [3.05, 3.63) is 23.0 Å². The first-order valence-electron chi connectivity index (χ1n) is 10.1. The third-order valence-electron chi connectivity index (χ3n) is 5.88. The van der Waals surface area contributed by atoms with Gasteiger partial charge in [-0.1, -0.05) is 0 Å². The van der Waals surface area contributed by atoms with E-state index in [0.29, 0.717) is 31.7 Å². The quantitative estimate of drug-likeness (QED) is 0.742. The number of ketones is 1. The van der Waals surface area contributed by atoms with Gasteiger partial charge in [-0.15, -0.1) is 0 Å². The molecule has 0 bridgehead atoms. The van der Waals surface area contributed by atoms with Crippen molar-refractivity contribution in [3.8, 4) is 0 Å². The molecule has 3 rings (SSSR count). The number of piperidine rings is 1. The number of hydrogen-bond acceptors (Lipinski definition) is 4. The van der Waals surface area contributed by atoms with Crippen LogP contribution in [0.3, 0.4) is 0 Å². The fourth-order valence-electron chi connectivity index (χ4n) is 4.20. The minimum atomic E-state index is -4.87. The molecule has 0 unspecified atom stereocenters. The minimum absolute atomic E-state index is 0.0401. The number of halogens is 3. The van der Waals surface area contributed by atoms with Gasteiger partial charge in [0.2, 0.25) is 5.91 Å². The van der Waals surface area contributed by atoms with E-state index in [0.717, 1.165) is 16.3 Å². The van der Waals surface area contributed by atoms with Crippen molar-refractivity contribution < 1.29 is 27.6 Å². The minimum Gasteiger partial charge on any atom is -0.362 e. The Kier molecular flexibility index (Phi) is 6.54. The first kappa shape index (κ1) is 22.3. The van der Waals surface area contributed by atoms with Crippen molar-refractivity contribution >= 4 is 17.6 Å². The number of carbonyl (C=O) groups excluding carboxylic acids is 3. The second kappa shape index (κ2) is 8.79. The van der Waals surface area contributed by atoms with Crippen molar-refractivity contribution in [1.82, 2.24) is 19.7 Å². The van der Waals surface area contributed by atoms with Gasteiger partial charge in [0.25, 0.3) is 0 Å². The molecule has 2 aliphatic rings. The van der Waals surface area contributed by atoms with Crippen LogP contribution in [0.1, 0.15) is 34.6 Å². The van der Waals surface area contributed by atoms with Crippen LogP contribution in [0.15, 0.2) is 6.07 Å². The van der Waals surface area contributed by atoms with Crippen molar-refractivity contribution in [1.29, 1.82) is 0 Å². The van der Waals surface area contributed by atoms with E-state index in [1.807, 2.05) is 24.8 Å². The normalized spacial score (nSPS) is 19.2. The van der Waals surface area contributed by atoms with Crippen LogP contribution < -0.4 is 0 Å². The average molecular weight is 428 g/mol. The van der Waals surface area contributed by atoms with Gasteiger partial charge in [-0.3, -0.25) is 19.3 Å². The average Bonchev–Trinajstić information content (AvgIpc) is 3.05.